The lowest BCUT2D eigenvalue weighted by Crippen LogP contribution is -2.39. The number of rotatable bonds is 6. The fourth-order valence-corrected chi connectivity index (χ4v) is 5.36. The Labute approximate surface area is 236 Å². The third kappa shape index (κ3) is 5.92. The van der Waals surface area contributed by atoms with E-state index in [-0.39, 0.29) is 42.3 Å². The van der Waals surface area contributed by atoms with E-state index in [1.165, 1.54) is 36.1 Å². The predicted molar refractivity (Wildman–Crippen MR) is 135 cm³/mol. The van der Waals surface area contributed by atoms with E-state index in [1.807, 2.05) is 13.8 Å². The molecule has 0 spiro atoms. The fourth-order valence-electron chi connectivity index (χ4n) is 5.36. The second-order valence-corrected chi connectivity index (χ2v) is 10.8. The van der Waals surface area contributed by atoms with Crippen LogP contribution in [-0.2, 0) is 21.9 Å². The van der Waals surface area contributed by atoms with Crippen molar-refractivity contribution in [1.29, 1.82) is 0 Å². The Morgan fingerprint density at radius 2 is 1.60 bits per heavy atom. The normalized spacial score (nSPS) is 22.0. The van der Waals surface area contributed by atoms with Crippen molar-refractivity contribution in [3.63, 3.8) is 0 Å². The Kier molecular flexibility index (Phi) is 7.67. The number of nitrogens with zero attached hydrogens (tertiary/aromatic N) is 3. The first-order chi connectivity index (χ1) is 19.6. The molecule has 0 saturated carbocycles. The molecule has 0 radical (unpaired) electrons. The van der Waals surface area contributed by atoms with Gasteiger partial charge in [0.1, 0.15) is 5.82 Å². The smallest absolute Gasteiger partial charge is 0.368 e. The summed E-state index contributed by atoms with van der Waals surface area (Å²) in [5.74, 6) is -0.835. The summed E-state index contributed by atoms with van der Waals surface area (Å²) < 4.78 is 106. The first-order valence-corrected chi connectivity index (χ1v) is 13.2. The number of alkyl halides is 6. The third-order valence-corrected chi connectivity index (χ3v) is 7.49. The highest BCUT2D eigenvalue weighted by Crippen LogP contribution is 2.44. The van der Waals surface area contributed by atoms with Gasteiger partial charge < -0.3 is 14.2 Å². The number of ether oxygens (including phenoxy) is 1. The van der Waals surface area contributed by atoms with E-state index < -0.39 is 53.5 Å². The molecule has 4 atom stereocenters. The van der Waals surface area contributed by atoms with Crippen LogP contribution in [0.1, 0.15) is 79.1 Å². The molecule has 0 bridgehead atoms. The Morgan fingerprint density at radius 3 is 2.14 bits per heavy atom. The topological polar surface area (TPSA) is 68.5 Å². The van der Waals surface area contributed by atoms with E-state index in [2.05, 4.69) is 10.1 Å². The van der Waals surface area contributed by atoms with E-state index in [0.29, 0.717) is 29.1 Å². The molecule has 42 heavy (non-hydrogen) atoms. The van der Waals surface area contributed by atoms with Crippen LogP contribution in [0.3, 0.4) is 0 Å². The van der Waals surface area contributed by atoms with Crippen LogP contribution in [0.4, 0.5) is 30.7 Å². The van der Waals surface area contributed by atoms with Gasteiger partial charge in [0.2, 0.25) is 5.91 Å². The highest BCUT2D eigenvalue weighted by molar-refractivity contribution is 5.90. The molecule has 0 aliphatic carbocycles. The molecule has 6 nitrogen and oxygen atoms in total. The Morgan fingerprint density at radius 1 is 0.976 bits per heavy atom. The molecule has 13 heteroatoms. The van der Waals surface area contributed by atoms with Crippen LogP contribution in [0.2, 0.25) is 0 Å². The Balaban J connectivity index is 1.52. The Hall–Kier alpha value is -3.74. The standard InChI is InChI=1S/C29H26F7N3O3/c1-14(2)26-37-27(42-38-26)18-10-22-25(16-4-6-21(30)7-5-16)23(13-39(22)24(40)11-18)41-15(3)17-8-19(28(31,32)33)12-20(9-17)29(34,35)36/h4-10,12,14-15,22-23,25H,11,13H2,1-3H3/t15-,22?,23?,25+/m1/s1. The molecule has 224 valence electrons. The number of amides is 1. The molecule has 1 fully saturated rings. The number of aromatic nitrogens is 2. The summed E-state index contributed by atoms with van der Waals surface area (Å²) in [6.07, 6.45) is -10.4. The van der Waals surface area contributed by atoms with Crippen molar-refractivity contribution in [2.45, 2.75) is 69.6 Å². The maximum absolute atomic E-state index is 13.8. The number of hydrogen-bond acceptors (Lipinski definition) is 5. The summed E-state index contributed by atoms with van der Waals surface area (Å²) in [7, 11) is 0. The van der Waals surface area contributed by atoms with Gasteiger partial charge in [0.25, 0.3) is 5.89 Å². The molecular formula is C29H26F7N3O3. The minimum absolute atomic E-state index is 0.00578. The van der Waals surface area contributed by atoms with Crippen LogP contribution in [0, 0.1) is 5.82 Å². The maximum atomic E-state index is 13.8. The minimum Gasteiger partial charge on any atom is -0.368 e. The third-order valence-electron chi connectivity index (χ3n) is 7.49. The first kappa shape index (κ1) is 29.7. The quantitative estimate of drug-likeness (QED) is 0.279. The van der Waals surface area contributed by atoms with E-state index in [0.717, 1.165) is 0 Å². The van der Waals surface area contributed by atoms with Gasteiger partial charge in [-0.1, -0.05) is 37.2 Å². The second-order valence-electron chi connectivity index (χ2n) is 10.8. The summed E-state index contributed by atoms with van der Waals surface area (Å²) in [6.45, 7) is 5.11. The van der Waals surface area contributed by atoms with Gasteiger partial charge >= 0.3 is 12.4 Å². The molecule has 1 amide bonds. The lowest BCUT2D eigenvalue weighted by atomic mass is 9.87. The summed E-state index contributed by atoms with van der Waals surface area (Å²) in [4.78, 5) is 19.2. The van der Waals surface area contributed by atoms with Crippen LogP contribution in [0.15, 0.2) is 53.1 Å². The fraction of sp³-hybridized carbons (Fsp3) is 0.414. The van der Waals surface area contributed by atoms with E-state index in [1.54, 1.807) is 6.08 Å². The van der Waals surface area contributed by atoms with Gasteiger partial charge in [-0.15, -0.1) is 0 Å². The molecule has 2 unspecified atom stereocenters. The van der Waals surface area contributed by atoms with Gasteiger partial charge in [-0.2, -0.15) is 31.3 Å². The molecule has 1 aromatic heterocycles. The van der Waals surface area contributed by atoms with Crippen molar-refractivity contribution in [2.75, 3.05) is 6.54 Å². The molecule has 0 N–H and O–H groups in total. The molecule has 3 heterocycles. The van der Waals surface area contributed by atoms with Gasteiger partial charge in [0.05, 0.1) is 35.8 Å². The number of carbonyl (C=O) groups excluding carboxylic acids is 1. The second kappa shape index (κ2) is 10.8. The van der Waals surface area contributed by atoms with E-state index in [9.17, 15) is 35.5 Å². The molecule has 1 saturated heterocycles. The van der Waals surface area contributed by atoms with Gasteiger partial charge in [0.15, 0.2) is 5.82 Å². The van der Waals surface area contributed by atoms with Crippen LogP contribution < -0.4 is 0 Å². The molecule has 2 aliphatic heterocycles. The van der Waals surface area contributed by atoms with Gasteiger partial charge in [-0.25, -0.2) is 4.39 Å². The van der Waals surface area contributed by atoms with Crippen LogP contribution >= 0.6 is 0 Å². The molecule has 5 rings (SSSR count). The van der Waals surface area contributed by atoms with Crippen LogP contribution in [0.25, 0.3) is 5.57 Å². The van der Waals surface area contributed by atoms with Gasteiger partial charge in [-0.05, 0) is 48.4 Å². The molecule has 3 aromatic rings. The number of carbonyl (C=O) groups is 1. The average molecular weight is 598 g/mol. The molecular weight excluding hydrogens is 571 g/mol. The highest BCUT2D eigenvalue weighted by Gasteiger charge is 2.48. The largest absolute Gasteiger partial charge is 0.416 e. The zero-order valence-electron chi connectivity index (χ0n) is 22.6. The SMILES string of the molecule is CC(C)c1noc(C2=CC3[C@H](c4ccc(F)cc4)C(O[C@H](C)c4cc(C(F)(F)F)cc(C(F)(F)F)c4)CN3C(=O)C2)n1. The summed E-state index contributed by atoms with van der Waals surface area (Å²) in [6, 6.07) is 6.14. The van der Waals surface area contributed by atoms with Crippen molar-refractivity contribution >= 4 is 11.5 Å². The number of hydrogen-bond donors (Lipinski definition) is 0. The van der Waals surface area contributed by atoms with Gasteiger partial charge in [0, 0.05) is 24.0 Å². The molecule has 2 aliphatic rings. The summed E-state index contributed by atoms with van der Waals surface area (Å²) in [5, 5.41) is 3.95. The average Bonchev–Trinajstić information content (AvgIpc) is 3.54. The van der Waals surface area contributed by atoms with Crippen molar-refractivity contribution in [3.05, 3.63) is 88.3 Å². The molecule has 2 aromatic carbocycles. The van der Waals surface area contributed by atoms with Crippen LogP contribution in [-0.4, -0.2) is 39.6 Å². The Bertz CT molecular complexity index is 1460. The summed E-state index contributed by atoms with van der Waals surface area (Å²) in [5.41, 5.74) is -2.18. The number of fused-ring (bicyclic) bond motifs is 1. The lowest BCUT2D eigenvalue weighted by molar-refractivity contribution is -0.143. The van der Waals surface area contributed by atoms with E-state index in [4.69, 9.17) is 9.26 Å². The van der Waals surface area contributed by atoms with Crippen molar-refractivity contribution in [1.82, 2.24) is 15.0 Å². The highest BCUT2D eigenvalue weighted by atomic mass is 19.4. The van der Waals surface area contributed by atoms with E-state index >= 15 is 0 Å². The summed E-state index contributed by atoms with van der Waals surface area (Å²) >= 11 is 0. The zero-order chi connectivity index (χ0) is 30.6. The van der Waals surface area contributed by atoms with Crippen molar-refractivity contribution < 1.29 is 44.8 Å². The van der Waals surface area contributed by atoms with Crippen molar-refractivity contribution in [2.24, 2.45) is 0 Å². The first-order valence-electron chi connectivity index (χ1n) is 13.2. The predicted octanol–water partition coefficient (Wildman–Crippen LogP) is 7.30. The monoisotopic (exact) mass is 597 g/mol. The minimum atomic E-state index is -5.02. The lowest BCUT2D eigenvalue weighted by Gasteiger charge is -2.30. The number of benzene rings is 2. The van der Waals surface area contributed by atoms with Gasteiger partial charge in [-0.3, -0.25) is 4.79 Å². The van der Waals surface area contributed by atoms with Crippen molar-refractivity contribution in [3.8, 4) is 0 Å². The van der Waals surface area contributed by atoms with Crippen LogP contribution in [0.5, 0.6) is 0 Å². The maximum Gasteiger partial charge on any atom is 0.416 e. The zero-order valence-corrected chi connectivity index (χ0v) is 22.6. The number of halogens is 7.